The van der Waals surface area contributed by atoms with E-state index in [9.17, 15) is 8.42 Å². The maximum atomic E-state index is 11.5. The topological polar surface area (TPSA) is 101 Å². The van der Waals surface area contributed by atoms with Crippen molar-refractivity contribution in [2.45, 2.75) is 32.7 Å². The Morgan fingerprint density at radius 1 is 1.26 bits per heavy atom. The molecule has 0 heterocycles. The monoisotopic (exact) mass is 400 g/mol. The zero-order valence-corrected chi connectivity index (χ0v) is 17.6. The summed E-state index contributed by atoms with van der Waals surface area (Å²) in [4.78, 5) is 4.49. The Hall–Kier alpha value is -1.84. The molecule has 0 bridgehead atoms. The Kier molecular flexibility index (Phi) is 9.54. The predicted molar refractivity (Wildman–Crippen MR) is 110 cm³/mol. The number of guanidine groups is 1. The maximum absolute atomic E-state index is 11.5. The number of sulfonamides is 1. The molecule has 8 nitrogen and oxygen atoms in total. The van der Waals surface area contributed by atoms with E-state index in [0.29, 0.717) is 25.7 Å². The number of methoxy groups -OCH3 is 1. The largest absolute Gasteiger partial charge is 0.493 e. The Balaban J connectivity index is 2.75. The number of aliphatic imine (C=N–C) groups is 1. The van der Waals surface area contributed by atoms with E-state index in [2.05, 4.69) is 20.3 Å². The molecule has 9 heteroatoms. The van der Waals surface area contributed by atoms with Crippen LogP contribution in [0.4, 0.5) is 5.69 Å². The molecule has 27 heavy (non-hydrogen) atoms. The molecular weight excluding hydrogens is 368 g/mol. The Labute approximate surface area is 162 Å². The van der Waals surface area contributed by atoms with Crippen molar-refractivity contribution in [3.63, 3.8) is 0 Å². The van der Waals surface area contributed by atoms with Gasteiger partial charge in [-0.1, -0.05) is 6.07 Å². The highest BCUT2D eigenvalue weighted by atomic mass is 32.2. The molecule has 0 aliphatic heterocycles. The zero-order chi connectivity index (χ0) is 20.3. The first-order valence-electron chi connectivity index (χ1n) is 8.91. The van der Waals surface area contributed by atoms with Gasteiger partial charge >= 0.3 is 0 Å². The lowest BCUT2D eigenvalue weighted by Gasteiger charge is -2.23. The number of rotatable bonds is 11. The minimum absolute atomic E-state index is 0.280. The molecule has 0 atom stereocenters. The number of hydrogen-bond acceptors (Lipinski definition) is 5. The number of hydrogen-bond donors (Lipinski definition) is 3. The highest BCUT2D eigenvalue weighted by Gasteiger charge is 2.21. The summed E-state index contributed by atoms with van der Waals surface area (Å²) in [5.74, 6) is 1.32. The Morgan fingerprint density at radius 2 is 2.00 bits per heavy atom. The van der Waals surface area contributed by atoms with Crippen LogP contribution in [-0.2, 0) is 14.8 Å². The van der Waals surface area contributed by atoms with Gasteiger partial charge in [-0.25, -0.2) is 13.1 Å². The summed E-state index contributed by atoms with van der Waals surface area (Å²) in [6.07, 6.45) is 1.96. The molecule has 0 saturated heterocycles. The molecule has 0 saturated carbocycles. The number of ether oxygens (including phenoxy) is 2. The quantitative estimate of drug-likeness (QED) is 0.297. The van der Waals surface area contributed by atoms with Crippen molar-refractivity contribution in [3.05, 3.63) is 24.3 Å². The molecule has 0 spiro atoms. The van der Waals surface area contributed by atoms with Crippen LogP contribution in [0, 0.1) is 0 Å². The first kappa shape index (κ1) is 23.2. The van der Waals surface area contributed by atoms with Gasteiger partial charge in [0.25, 0.3) is 0 Å². The summed E-state index contributed by atoms with van der Waals surface area (Å²) in [6, 6.07) is 7.59. The highest BCUT2D eigenvalue weighted by Crippen LogP contribution is 2.17. The Bertz CT molecular complexity index is 705. The lowest BCUT2D eigenvalue weighted by atomic mass is 10.1. The number of nitrogens with zero attached hydrogens (tertiary/aromatic N) is 1. The van der Waals surface area contributed by atoms with Crippen molar-refractivity contribution in [2.75, 3.05) is 45.0 Å². The predicted octanol–water partition coefficient (Wildman–Crippen LogP) is 1.81. The van der Waals surface area contributed by atoms with Crippen molar-refractivity contribution in [1.82, 2.24) is 10.0 Å². The van der Waals surface area contributed by atoms with Crippen LogP contribution in [0.3, 0.4) is 0 Å². The van der Waals surface area contributed by atoms with E-state index in [1.54, 1.807) is 21.0 Å². The lowest BCUT2D eigenvalue weighted by Crippen LogP contribution is -2.46. The summed E-state index contributed by atoms with van der Waals surface area (Å²) in [5.41, 5.74) is 0.134. The third kappa shape index (κ3) is 10.8. The summed E-state index contributed by atoms with van der Waals surface area (Å²) in [5, 5.41) is 6.36. The van der Waals surface area contributed by atoms with Crippen LogP contribution in [0.1, 0.15) is 27.2 Å². The summed E-state index contributed by atoms with van der Waals surface area (Å²) < 4.78 is 36.2. The van der Waals surface area contributed by atoms with Gasteiger partial charge in [0.2, 0.25) is 10.0 Å². The van der Waals surface area contributed by atoms with Crippen molar-refractivity contribution in [2.24, 2.45) is 4.99 Å². The van der Waals surface area contributed by atoms with Gasteiger partial charge in [0.1, 0.15) is 5.75 Å². The van der Waals surface area contributed by atoms with Gasteiger partial charge in [-0.2, -0.15) is 0 Å². The summed E-state index contributed by atoms with van der Waals surface area (Å²) in [6.45, 7) is 7.74. The lowest BCUT2D eigenvalue weighted by molar-refractivity contribution is 0.172. The van der Waals surface area contributed by atoms with E-state index >= 15 is 0 Å². The maximum Gasteiger partial charge on any atom is 0.209 e. The second-order valence-electron chi connectivity index (χ2n) is 6.80. The van der Waals surface area contributed by atoms with Crippen LogP contribution < -0.4 is 20.1 Å². The first-order valence-corrected chi connectivity index (χ1v) is 10.8. The van der Waals surface area contributed by atoms with Crippen LogP contribution in [0.15, 0.2) is 29.3 Å². The first-order chi connectivity index (χ1) is 12.6. The van der Waals surface area contributed by atoms with Crippen LogP contribution >= 0.6 is 0 Å². The third-order valence-electron chi connectivity index (χ3n) is 3.30. The molecule has 3 N–H and O–H groups in total. The molecule has 1 rings (SSSR count). The number of anilines is 1. The van der Waals surface area contributed by atoms with E-state index in [1.165, 1.54) is 0 Å². The SMILES string of the molecule is CCNC(=NCC(C)(C)NS(C)(=O)=O)Nc1cccc(OCCCOC)c1. The van der Waals surface area contributed by atoms with Gasteiger partial charge in [0.05, 0.1) is 19.4 Å². The second-order valence-corrected chi connectivity index (χ2v) is 8.55. The molecular formula is C18H32N4O4S. The van der Waals surface area contributed by atoms with Crippen LogP contribution in [0.25, 0.3) is 0 Å². The van der Waals surface area contributed by atoms with Gasteiger partial charge in [0.15, 0.2) is 5.96 Å². The van der Waals surface area contributed by atoms with Gasteiger partial charge in [-0.15, -0.1) is 0 Å². The van der Waals surface area contributed by atoms with Crippen molar-refractivity contribution in [1.29, 1.82) is 0 Å². The fourth-order valence-electron chi connectivity index (χ4n) is 2.31. The van der Waals surface area contributed by atoms with Crippen LogP contribution in [0.2, 0.25) is 0 Å². The second kappa shape index (κ2) is 11.1. The van der Waals surface area contributed by atoms with Gasteiger partial charge < -0.3 is 20.1 Å². The fourth-order valence-corrected chi connectivity index (χ4v) is 3.38. The number of nitrogens with one attached hydrogen (secondary N) is 3. The molecule has 0 radical (unpaired) electrons. The van der Waals surface area contributed by atoms with Gasteiger partial charge in [-0.05, 0) is 32.9 Å². The van der Waals surface area contributed by atoms with E-state index in [-0.39, 0.29) is 6.54 Å². The molecule has 0 aromatic heterocycles. The van der Waals surface area contributed by atoms with Gasteiger partial charge in [-0.3, -0.25) is 4.99 Å². The number of benzene rings is 1. The summed E-state index contributed by atoms with van der Waals surface area (Å²) >= 11 is 0. The average Bonchev–Trinajstić information content (AvgIpc) is 2.55. The molecule has 1 aromatic rings. The standard InChI is InChI=1S/C18H32N4O4S/c1-6-19-17(20-14-18(2,3)22-27(5,23)24)21-15-9-7-10-16(13-15)26-12-8-11-25-4/h7,9-10,13,22H,6,8,11-12,14H2,1-5H3,(H2,19,20,21). The van der Waals surface area contributed by atoms with E-state index in [1.807, 2.05) is 31.2 Å². The van der Waals surface area contributed by atoms with Crippen molar-refractivity contribution >= 4 is 21.7 Å². The minimum Gasteiger partial charge on any atom is -0.493 e. The van der Waals surface area contributed by atoms with Crippen molar-refractivity contribution in [3.8, 4) is 5.75 Å². The van der Waals surface area contributed by atoms with Crippen molar-refractivity contribution < 1.29 is 17.9 Å². The van der Waals surface area contributed by atoms with Crippen LogP contribution in [0.5, 0.6) is 5.75 Å². The third-order valence-corrected chi connectivity index (χ3v) is 4.22. The van der Waals surface area contributed by atoms with E-state index in [0.717, 1.165) is 24.1 Å². The average molecular weight is 401 g/mol. The smallest absolute Gasteiger partial charge is 0.209 e. The molecule has 0 fully saturated rings. The molecule has 1 aromatic carbocycles. The van der Waals surface area contributed by atoms with Crippen LogP contribution in [-0.4, -0.2) is 59.6 Å². The molecule has 0 aliphatic carbocycles. The molecule has 154 valence electrons. The summed E-state index contributed by atoms with van der Waals surface area (Å²) in [7, 11) is -1.64. The molecule has 0 amide bonds. The Morgan fingerprint density at radius 3 is 2.63 bits per heavy atom. The van der Waals surface area contributed by atoms with E-state index < -0.39 is 15.6 Å². The fraction of sp³-hybridized carbons (Fsp3) is 0.611. The normalized spacial score (nSPS) is 12.7. The van der Waals surface area contributed by atoms with Gasteiger partial charge in [0, 0.05) is 44.0 Å². The van der Waals surface area contributed by atoms with E-state index in [4.69, 9.17) is 9.47 Å². The zero-order valence-electron chi connectivity index (χ0n) is 16.8. The highest BCUT2D eigenvalue weighted by molar-refractivity contribution is 7.88. The minimum atomic E-state index is -3.31. The molecule has 0 unspecified atom stereocenters. The molecule has 0 aliphatic rings.